The summed E-state index contributed by atoms with van der Waals surface area (Å²) in [4.78, 5) is 6.79. The van der Waals surface area contributed by atoms with E-state index in [1.165, 1.54) is 0 Å². The molecule has 0 aliphatic carbocycles. The van der Waals surface area contributed by atoms with E-state index in [9.17, 15) is 0 Å². The van der Waals surface area contributed by atoms with Crippen LogP contribution >= 0.6 is 0 Å². The summed E-state index contributed by atoms with van der Waals surface area (Å²) in [5.41, 5.74) is 1.07. The average molecular weight is 320 g/mol. The van der Waals surface area contributed by atoms with Crippen LogP contribution in [0, 0.1) is 0 Å². The van der Waals surface area contributed by atoms with Crippen molar-refractivity contribution in [3.05, 3.63) is 29.8 Å². The minimum absolute atomic E-state index is 0.0251. The number of nitrogens with one attached hydrogen (secondary N) is 2. The third kappa shape index (κ3) is 8.45. The number of hydrogen-bond donors (Lipinski definition) is 2. The van der Waals surface area contributed by atoms with Crippen molar-refractivity contribution in [2.24, 2.45) is 4.99 Å². The van der Waals surface area contributed by atoms with Gasteiger partial charge in [-0.3, -0.25) is 0 Å². The molecule has 0 radical (unpaired) electrons. The van der Waals surface area contributed by atoms with E-state index >= 15 is 0 Å². The Balaban J connectivity index is 2.75. The highest BCUT2D eigenvalue weighted by Crippen LogP contribution is 2.18. The standard InChI is InChI=1S/C18H32N4O/c1-7-19-17(21-18(2,3)4)20-14-15-10-8-9-11-16(15)23-13-12-22(5)6/h8-11H,7,12-14H2,1-6H3,(H2,19,20,21). The summed E-state index contributed by atoms with van der Waals surface area (Å²) in [5, 5.41) is 6.67. The van der Waals surface area contributed by atoms with Crippen LogP contribution < -0.4 is 15.4 Å². The molecule has 0 fully saturated rings. The van der Waals surface area contributed by atoms with Gasteiger partial charge >= 0.3 is 0 Å². The van der Waals surface area contributed by atoms with Crippen molar-refractivity contribution >= 4 is 5.96 Å². The summed E-state index contributed by atoms with van der Waals surface area (Å²) in [6.45, 7) is 11.4. The van der Waals surface area contributed by atoms with Crippen LogP contribution in [0.4, 0.5) is 0 Å². The molecule has 0 heterocycles. The highest BCUT2D eigenvalue weighted by Gasteiger charge is 2.12. The average Bonchev–Trinajstić information content (AvgIpc) is 2.44. The molecular weight excluding hydrogens is 288 g/mol. The van der Waals surface area contributed by atoms with Crippen molar-refractivity contribution in [2.45, 2.75) is 39.8 Å². The van der Waals surface area contributed by atoms with Crippen molar-refractivity contribution < 1.29 is 4.74 Å². The van der Waals surface area contributed by atoms with Crippen molar-refractivity contribution in [1.82, 2.24) is 15.5 Å². The van der Waals surface area contributed by atoms with Gasteiger partial charge in [0.05, 0.1) is 6.54 Å². The van der Waals surface area contributed by atoms with Gasteiger partial charge < -0.3 is 20.3 Å². The van der Waals surface area contributed by atoms with Gasteiger partial charge in [0.1, 0.15) is 12.4 Å². The maximum atomic E-state index is 5.89. The van der Waals surface area contributed by atoms with Gasteiger partial charge in [0.2, 0.25) is 0 Å². The minimum atomic E-state index is -0.0251. The van der Waals surface area contributed by atoms with Gasteiger partial charge in [-0.05, 0) is 47.9 Å². The molecule has 0 saturated heterocycles. The first-order valence-corrected chi connectivity index (χ1v) is 8.23. The number of hydrogen-bond acceptors (Lipinski definition) is 3. The molecule has 1 rings (SSSR count). The Morgan fingerprint density at radius 1 is 1.22 bits per heavy atom. The lowest BCUT2D eigenvalue weighted by atomic mass is 10.1. The molecule has 0 aliphatic rings. The first-order valence-electron chi connectivity index (χ1n) is 8.23. The Morgan fingerprint density at radius 2 is 1.91 bits per heavy atom. The number of benzene rings is 1. The molecule has 0 unspecified atom stereocenters. The zero-order valence-electron chi connectivity index (χ0n) is 15.4. The van der Waals surface area contributed by atoms with E-state index in [0.29, 0.717) is 13.2 Å². The first-order chi connectivity index (χ1) is 10.8. The number of ether oxygens (including phenoxy) is 1. The fourth-order valence-electron chi connectivity index (χ4n) is 1.94. The molecule has 0 aromatic heterocycles. The smallest absolute Gasteiger partial charge is 0.191 e. The second kappa shape index (κ2) is 9.40. The number of guanidine groups is 1. The SMILES string of the molecule is CCNC(=NCc1ccccc1OCCN(C)C)NC(C)(C)C. The van der Waals surface area contributed by atoms with E-state index in [4.69, 9.17) is 4.74 Å². The third-order valence-corrected chi connectivity index (χ3v) is 3.01. The Kier molecular flexibility index (Phi) is 7.89. The van der Waals surface area contributed by atoms with Gasteiger partial charge in [-0.25, -0.2) is 4.99 Å². The van der Waals surface area contributed by atoms with E-state index in [-0.39, 0.29) is 5.54 Å². The molecule has 5 nitrogen and oxygen atoms in total. The number of likely N-dealkylation sites (N-methyl/N-ethyl adjacent to an activating group) is 1. The monoisotopic (exact) mass is 320 g/mol. The highest BCUT2D eigenvalue weighted by atomic mass is 16.5. The second-order valence-electron chi connectivity index (χ2n) is 6.83. The van der Waals surface area contributed by atoms with Crippen LogP contribution in [0.15, 0.2) is 29.3 Å². The largest absolute Gasteiger partial charge is 0.492 e. The fraction of sp³-hybridized carbons (Fsp3) is 0.611. The van der Waals surface area contributed by atoms with E-state index in [0.717, 1.165) is 30.4 Å². The summed E-state index contributed by atoms with van der Waals surface area (Å²) in [5.74, 6) is 1.73. The van der Waals surface area contributed by atoms with Crippen molar-refractivity contribution in [3.63, 3.8) is 0 Å². The van der Waals surface area contributed by atoms with Crippen molar-refractivity contribution in [2.75, 3.05) is 33.8 Å². The maximum Gasteiger partial charge on any atom is 0.191 e. The van der Waals surface area contributed by atoms with Crippen LogP contribution in [0.5, 0.6) is 5.75 Å². The van der Waals surface area contributed by atoms with Gasteiger partial charge in [0, 0.05) is 24.2 Å². The maximum absolute atomic E-state index is 5.89. The van der Waals surface area contributed by atoms with Crippen LogP contribution in [0.25, 0.3) is 0 Å². The van der Waals surface area contributed by atoms with E-state index < -0.39 is 0 Å². The molecule has 0 spiro atoms. The number of aliphatic imine (C=N–C) groups is 1. The number of para-hydroxylation sites is 1. The Morgan fingerprint density at radius 3 is 2.52 bits per heavy atom. The summed E-state index contributed by atoms with van der Waals surface area (Å²) in [6.07, 6.45) is 0. The van der Waals surface area contributed by atoms with Crippen molar-refractivity contribution in [3.8, 4) is 5.75 Å². The van der Waals surface area contributed by atoms with Gasteiger partial charge in [0.15, 0.2) is 5.96 Å². The van der Waals surface area contributed by atoms with Crippen molar-refractivity contribution in [1.29, 1.82) is 0 Å². The Hall–Kier alpha value is -1.75. The molecule has 1 aromatic carbocycles. The molecule has 2 N–H and O–H groups in total. The van der Waals surface area contributed by atoms with Gasteiger partial charge in [-0.2, -0.15) is 0 Å². The third-order valence-electron chi connectivity index (χ3n) is 3.01. The Bertz CT molecular complexity index is 492. The Labute approximate surface area is 141 Å². The molecule has 1 aromatic rings. The molecule has 130 valence electrons. The topological polar surface area (TPSA) is 48.9 Å². The fourth-order valence-corrected chi connectivity index (χ4v) is 1.94. The molecule has 0 amide bonds. The molecule has 0 saturated carbocycles. The van der Waals surface area contributed by atoms with E-state index in [2.05, 4.69) is 54.3 Å². The number of rotatable bonds is 7. The lowest BCUT2D eigenvalue weighted by Crippen LogP contribution is -2.47. The second-order valence-corrected chi connectivity index (χ2v) is 6.83. The molecule has 5 heteroatoms. The van der Waals surface area contributed by atoms with Crippen LogP contribution in [0.3, 0.4) is 0 Å². The van der Waals surface area contributed by atoms with Gasteiger partial charge in [0.25, 0.3) is 0 Å². The molecule has 0 bridgehead atoms. The first kappa shape index (κ1) is 19.3. The summed E-state index contributed by atoms with van der Waals surface area (Å²) in [7, 11) is 4.08. The quantitative estimate of drug-likeness (QED) is 0.598. The van der Waals surface area contributed by atoms with Gasteiger partial charge in [-0.1, -0.05) is 18.2 Å². The molecule has 0 atom stereocenters. The van der Waals surface area contributed by atoms with Gasteiger partial charge in [-0.15, -0.1) is 0 Å². The normalized spacial score (nSPS) is 12.4. The highest BCUT2D eigenvalue weighted by molar-refractivity contribution is 5.80. The lowest BCUT2D eigenvalue weighted by Gasteiger charge is -2.23. The lowest BCUT2D eigenvalue weighted by molar-refractivity contribution is 0.259. The predicted octanol–water partition coefficient (Wildman–Crippen LogP) is 2.48. The van der Waals surface area contributed by atoms with E-state index in [1.807, 2.05) is 32.3 Å². The van der Waals surface area contributed by atoms with Crippen LogP contribution in [0.1, 0.15) is 33.3 Å². The zero-order chi connectivity index (χ0) is 17.3. The summed E-state index contributed by atoms with van der Waals surface area (Å²) >= 11 is 0. The van der Waals surface area contributed by atoms with Crippen LogP contribution in [0.2, 0.25) is 0 Å². The predicted molar refractivity (Wildman–Crippen MR) is 98.2 cm³/mol. The zero-order valence-corrected chi connectivity index (χ0v) is 15.4. The summed E-state index contributed by atoms with van der Waals surface area (Å²) < 4.78 is 5.89. The molecule has 23 heavy (non-hydrogen) atoms. The van der Waals surface area contributed by atoms with E-state index in [1.54, 1.807) is 0 Å². The van der Waals surface area contributed by atoms with Crippen LogP contribution in [-0.4, -0.2) is 50.2 Å². The molecular formula is C18H32N4O. The van der Waals surface area contributed by atoms with Crippen LogP contribution in [-0.2, 0) is 6.54 Å². The molecule has 0 aliphatic heterocycles. The summed E-state index contributed by atoms with van der Waals surface area (Å²) in [6, 6.07) is 8.09. The minimum Gasteiger partial charge on any atom is -0.492 e. The number of nitrogens with zero attached hydrogens (tertiary/aromatic N) is 2.